The molecule has 0 radical (unpaired) electrons. The van der Waals surface area contributed by atoms with E-state index in [4.69, 9.17) is 4.74 Å². The molecule has 25 heavy (non-hydrogen) atoms. The van der Waals surface area contributed by atoms with E-state index in [1.54, 1.807) is 0 Å². The van der Waals surface area contributed by atoms with E-state index >= 15 is 0 Å². The number of rotatable bonds is 4. The van der Waals surface area contributed by atoms with Gasteiger partial charge in [-0.15, -0.1) is 0 Å². The fourth-order valence-corrected chi connectivity index (χ4v) is 4.53. The third-order valence-corrected chi connectivity index (χ3v) is 5.88. The number of ether oxygens (including phenoxy) is 1. The number of sulfonamides is 1. The van der Waals surface area contributed by atoms with Gasteiger partial charge in [-0.1, -0.05) is 0 Å². The largest absolute Gasteiger partial charge is 0.495 e. The Kier molecular flexibility index (Phi) is 5.73. The van der Waals surface area contributed by atoms with Crippen LogP contribution in [0.15, 0.2) is 23.1 Å². The summed E-state index contributed by atoms with van der Waals surface area (Å²) in [4.78, 5) is 12.2. The summed E-state index contributed by atoms with van der Waals surface area (Å²) in [6.07, 6.45) is 1.19. The number of carbonyl (C=O) groups excluding carboxylic acids is 1. The Morgan fingerprint density at radius 3 is 2.64 bits per heavy atom. The molecule has 140 valence electrons. The lowest BCUT2D eigenvalue weighted by atomic mass is 9.97. The van der Waals surface area contributed by atoms with Crippen LogP contribution < -0.4 is 10.1 Å². The van der Waals surface area contributed by atoms with Crippen LogP contribution in [0.4, 0.5) is 4.39 Å². The lowest BCUT2D eigenvalue weighted by Gasteiger charge is -2.33. The summed E-state index contributed by atoms with van der Waals surface area (Å²) >= 11 is 0. The highest BCUT2D eigenvalue weighted by molar-refractivity contribution is 7.89. The fourth-order valence-electron chi connectivity index (χ4n) is 2.84. The quantitative estimate of drug-likeness (QED) is 0.879. The fraction of sp³-hybridized carbons (Fsp3) is 0.588. The maximum absolute atomic E-state index is 13.6. The maximum atomic E-state index is 13.6. The highest BCUT2D eigenvalue weighted by Gasteiger charge is 2.35. The van der Waals surface area contributed by atoms with Gasteiger partial charge in [0.1, 0.15) is 16.5 Å². The van der Waals surface area contributed by atoms with Gasteiger partial charge < -0.3 is 10.1 Å². The second-order valence-corrected chi connectivity index (χ2v) is 9.14. The van der Waals surface area contributed by atoms with Crippen LogP contribution in [0.5, 0.6) is 5.75 Å². The molecule has 1 atom stereocenters. The van der Waals surface area contributed by atoms with E-state index in [0.717, 1.165) is 12.1 Å². The summed E-state index contributed by atoms with van der Waals surface area (Å²) < 4.78 is 45.7. The smallest absolute Gasteiger partial charge is 0.246 e. The van der Waals surface area contributed by atoms with E-state index in [9.17, 15) is 17.6 Å². The predicted molar refractivity (Wildman–Crippen MR) is 92.3 cm³/mol. The molecule has 0 bridgehead atoms. The van der Waals surface area contributed by atoms with Crippen molar-refractivity contribution in [3.05, 3.63) is 24.0 Å². The Balaban J connectivity index is 2.25. The Hall–Kier alpha value is -1.67. The molecular weight excluding hydrogens is 347 g/mol. The Morgan fingerprint density at radius 1 is 1.36 bits per heavy atom. The molecule has 0 spiro atoms. The number of carbonyl (C=O) groups is 1. The lowest BCUT2D eigenvalue weighted by Crippen LogP contribution is -2.49. The van der Waals surface area contributed by atoms with Crippen molar-refractivity contribution in [2.45, 2.75) is 44.0 Å². The van der Waals surface area contributed by atoms with Crippen LogP contribution in [0.3, 0.4) is 0 Å². The van der Waals surface area contributed by atoms with Gasteiger partial charge >= 0.3 is 0 Å². The second-order valence-electron chi connectivity index (χ2n) is 7.24. The van der Waals surface area contributed by atoms with Crippen molar-refractivity contribution in [3.63, 3.8) is 0 Å². The van der Waals surface area contributed by atoms with Crippen LogP contribution in [0.25, 0.3) is 0 Å². The molecule has 1 N–H and O–H groups in total. The third-order valence-electron chi connectivity index (χ3n) is 4.00. The van der Waals surface area contributed by atoms with E-state index < -0.39 is 21.8 Å². The van der Waals surface area contributed by atoms with Crippen LogP contribution in [0.1, 0.15) is 33.6 Å². The van der Waals surface area contributed by atoms with Gasteiger partial charge in [0.15, 0.2) is 0 Å². The summed E-state index contributed by atoms with van der Waals surface area (Å²) in [5, 5.41) is 2.89. The molecule has 0 unspecified atom stereocenters. The molecule has 1 aliphatic heterocycles. The zero-order valence-electron chi connectivity index (χ0n) is 15.0. The highest BCUT2D eigenvalue weighted by Crippen LogP contribution is 2.30. The highest BCUT2D eigenvalue weighted by atomic mass is 32.2. The molecule has 1 heterocycles. The Labute approximate surface area is 148 Å². The molecule has 0 aromatic heterocycles. The number of nitrogens with zero attached hydrogens (tertiary/aromatic N) is 1. The molecule has 1 amide bonds. The molecule has 1 aromatic rings. The van der Waals surface area contributed by atoms with Gasteiger partial charge in [-0.25, -0.2) is 12.8 Å². The normalized spacial score (nSPS) is 19.5. The number of hydrogen-bond acceptors (Lipinski definition) is 4. The van der Waals surface area contributed by atoms with Crippen LogP contribution in [-0.2, 0) is 14.8 Å². The molecule has 1 aromatic carbocycles. The summed E-state index contributed by atoms with van der Waals surface area (Å²) in [6.45, 7) is 5.99. The van der Waals surface area contributed by atoms with Crippen LogP contribution in [-0.4, -0.2) is 44.4 Å². The minimum Gasteiger partial charge on any atom is -0.495 e. The van der Waals surface area contributed by atoms with Crippen LogP contribution >= 0.6 is 0 Å². The van der Waals surface area contributed by atoms with E-state index in [-0.39, 0.29) is 28.6 Å². The monoisotopic (exact) mass is 372 g/mol. The van der Waals surface area contributed by atoms with Crippen molar-refractivity contribution in [3.8, 4) is 5.75 Å². The van der Waals surface area contributed by atoms with Gasteiger partial charge in [0.25, 0.3) is 0 Å². The Morgan fingerprint density at radius 2 is 2.04 bits per heavy atom. The van der Waals surface area contributed by atoms with Crippen molar-refractivity contribution in [2.24, 2.45) is 5.92 Å². The van der Waals surface area contributed by atoms with Gasteiger partial charge in [-0.3, -0.25) is 4.79 Å². The van der Waals surface area contributed by atoms with E-state index in [1.165, 1.54) is 17.5 Å². The standard InChI is InChI=1S/C17H25FN2O4S/c1-17(2,3)19-16(21)12-6-5-9-20(11-12)25(22,23)15-10-13(18)7-8-14(15)24-4/h7-8,10,12H,5-6,9,11H2,1-4H3,(H,19,21)/t12-/m0/s1. The van der Waals surface area contributed by atoms with Gasteiger partial charge in [-0.05, 0) is 51.8 Å². The summed E-state index contributed by atoms with van der Waals surface area (Å²) in [5.74, 6) is -1.16. The molecule has 1 aliphatic rings. The number of halogens is 1. The zero-order valence-corrected chi connectivity index (χ0v) is 15.8. The molecule has 6 nitrogen and oxygen atoms in total. The Bertz CT molecular complexity index is 744. The van der Waals surface area contributed by atoms with Gasteiger partial charge in [0, 0.05) is 18.6 Å². The van der Waals surface area contributed by atoms with E-state index in [0.29, 0.717) is 19.4 Å². The number of nitrogens with one attached hydrogen (secondary N) is 1. The van der Waals surface area contributed by atoms with E-state index in [2.05, 4.69) is 5.32 Å². The predicted octanol–water partition coefficient (Wildman–Crippen LogP) is 2.15. The van der Waals surface area contributed by atoms with Crippen molar-refractivity contribution in [1.29, 1.82) is 0 Å². The van der Waals surface area contributed by atoms with Crippen LogP contribution in [0.2, 0.25) is 0 Å². The number of hydrogen-bond donors (Lipinski definition) is 1. The molecule has 8 heteroatoms. The average molecular weight is 372 g/mol. The van der Waals surface area contributed by atoms with Gasteiger partial charge in [0.2, 0.25) is 15.9 Å². The summed E-state index contributed by atoms with van der Waals surface area (Å²) in [6, 6.07) is 3.39. The van der Waals surface area contributed by atoms with Crippen LogP contribution in [0, 0.1) is 11.7 Å². The lowest BCUT2D eigenvalue weighted by molar-refractivity contribution is -0.127. The zero-order chi connectivity index (χ0) is 18.8. The minimum absolute atomic E-state index is 0.0733. The average Bonchev–Trinajstić information content (AvgIpc) is 2.53. The van der Waals surface area contributed by atoms with E-state index in [1.807, 2.05) is 20.8 Å². The topological polar surface area (TPSA) is 75.7 Å². The number of methoxy groups -OCH3 is 1. The first-order valence-corrected chi connectivity index (χ1v) is 9.64. The molecule has 0 aliphatic carbocycles. The number of benzene rings is 1. The van der Waals surface area contributed by atoms with Crippen molar-refractivity contribution < 1.29 is 22.3 Å². The molecule has 1 saturated heterocycles. The number of amides is 1. The first kappa shape index (κ1) is 19.7. The maximum Gasteiger partial charge on any atom is 0.246 e. The number of piperidine rings is 1. The molecule has 1 fully saturated rings. The van der Waals surface area contributed by atoms with Gasteiger partial charge in [-0.2, -0.15) is 4.31 Å². The second kappa shape index (κ2) is 7.29. The van der Waals surface area contributed by atoms with Crippen molar-refractivity contribution in [1.82, 2.24) is 9.62 Å². The molecule has 2 rings (SSSR count). The SMILES string of the molecule is COc1ccc(F)cc1S(=O)(=O)N1CCC[C@H](C(=O)NC(C)(C)C)C1. The van der Waals surface area contributed by atoms with Crippen molar-refractivity contribution in [2.75, 3.05) is 20.2 Å². The molecule has 0 saturated carbocycles. The third kappa shape index (κ3) is 4.70. The minimum atomic E-state index is -3.95. The molecular formula is C17H25FN2O4S. The first-order chi connectivity index (χ1) is 11.5. The van der Waals surface area contributed by atoms with Gasteiger partial charge in [0.05, 0.1) is 13.0 Å². The van der Waals surface area contributed by atoms with Crippen molar-refractivity contribution >= 4 is 15.9 Å². The first-order valence-electron chi connectivity index (χ1n) is 8.20. The summed E-state index contributed by atoms with van der Waals surface area (Å²) in [5.41, 5.74) is -0.385. The summed E-state index contributed by atoms with van der Waals surface area (Å²) in [7, 11) is -2.61.